The first-order chi connectivity index (χ1) is 7.74. The van der Waals surface area contributed by atoms with E-state index >= 15 is 0 Å². The fourth-order valence-corrected chi connectivity index (χ4v) is 2.13. The van der Waals surface area contributed by atoms with Gasteiger partial charge in [0.05, 0.1) is 13.2 Å². The van der Waals surface area contributed by atoms with E-state index in [0.717, 1.165) is 25.2 Å². The summed E-state index contributed by atoms with van der Waals surface area (Å²) in [5.41, 5.74) is 0.925. The molecule has 0 saturated carbocycles. The van der Waals surface area contributed by atoms with Gasteiger partial charge in [0.25, 0.3) is 0 Å². The SMILES string of the molecule is COc1cccc(C2CNCCN2C)c1O. The van der Waals surface area contributed by atoms with E-state index in [0.29, 0.717) is 5.75 Å². The van der Waals surface area contributed by atoms with Gasteiger partial charge in [0.15, 0.2) is 11.5 Å². The first-order valence-electron chi connectivity index (χ1n) is 5.51. The van der Waals surface area contributed by atoms with E-state index in [1.165, 1.54) is 0 Å². The normalized spacial score (nSPS) is 22.0. The number of methoxy groups -OCH3 is 1. The molecule has 1 aromatic carbocycles. The molecule has 0 amide bonds. The molecule has 0 bridgehead atoms. The fourth-order valence-electron chi connectivity index (χ4n) is 2.13. The third-order valence-electron chi connectivity index (χ3n) is 3.12. The van der Waals surface area contributed by atoms with Gasteiger partial charge in [0, 0.05) is 25.2 Å². The lowest BCUT2D eigenvalue weighted by Crippen LogP contribution is -2.43. The van der Waals surface area contributed by atoms with E-state index in [4.69, 9.17) is 4.74 Å². The van der Waals surface area contributed by atoms with Crippen LogP contribution in [-0.2, 0) is 0 Å². The number of phenolic OH excluding ortho intramolecular Hbond substituents is 1. The molecule has 1 unspecified atom stereocenters. The highest BCUT2D eigenvalue weighted by atomic mass is 16.5. The number of phenols is 1. The maximum absolute atomic E-state index is 10.1. The predicted molar refractivity (Wildman–Crippen MR) is 62.9 cm³/mol. The Morgan fingerprint density at radius 1 is 1.50 bits per heavy atom. The zero-order valence-corrected chi connectivity index (χ0v) is 9.73. The Kier molecular flexibility index (Phi) is 3.31. The molecular weight excluding hydrogens is 204 g/mol. The summed E-state index contributed by atoms with van der Waals surface area (Å²) in [7, 11) is 3.64. The van der Waals surface area contributed by atoms with E-state index in [9.17, 15) is 5.11 Å². The number of hydrogen-bond acceptors (Lipinski definition) is 4. The Labute approximate surface area is 95.8 Å². The van der Waals surface area contributed by atoms with Crippen LogP contribution in [0, 0.1) is 0 Å². The van der Waals surface area contributed by atoms with Gasteiger partial charge in [-0.3, -0.25) is 4.90 Å². The number of para-hydroxylation sites is 1. The highest BCUT2D eigenvalue weighted by Gasteiger charge is 2.24. The van der Waals surface area contributed by atoms with Crippen molar-refractivity contribution in [3.8, 4) is 11.5 Å². The molecule has 0 spiro atoms. The fraction of sp³-hybridized carbons (Fsp3) is 0.500. The van der Waals surface area contributed by atoms with Crippen LogP contribution in [0.2, 0.25) is 0 Å². The molecule has 2 rings (SSSR count). The quantitative estimate of drug-likeness (QED) is 0.783. The summed E-state index contributed by atoms with van der Waals surface area (Å²) in [6, 6.07) is 5.85. The zero-order valence-electron chi connectivity index (χ0n) is 9.73. The summed E-state index contributed by atoms with van der Waals surface area (Å²) < 4.78 is 5.12. The molecule has 1 fully saturated rings. The van der Waals surface area contributed by atoms with Crippen molar-refractivity contribution in [1.29, 1.82) is 0 Å². The summed E-state index contributed by atoms with van der Waals surface area (Å²) in [4.78, 5) is 2.24. The van der Waals surface area contributed by atoms with Crippen LogP contribution in [0.5, 0.6) is 11.5 Å². The number of piperazine rings is 1. The first-order valence-corrected chi connectivity index (χ1v) is 5.51. The lowest BCUT2D eigenvalue weighted by Gasteiger charge is -2.33. The van der Waals surface area contributed by atoms with Crippen molar-refractivity contribution in [1.82, 2.24) is 10.2 Å². The monoisotopic (exact) mass is 222 g/mol. The Balaban J connectivity index is 2.31. The Hall–Kier alpha value is -1.26. The summed E-state index contributed by atoms with van der Waals surface area (Å²) in [5, 5.41) is 13.4. The number of ether oxygens (including phenoxy) is 1. The molecule has 2 N–H and O–H groups in total. The third-order valence-corrected chi connectivity index (χ3v) is 3.12. The molecule has 88 valence electrons. The Morgan fingerprint density at radius 2 is 2.31 bits per heavy atom. The molecule has 4 heteroatoms. The van der Waals surface area contributed by atoms with E-state index in [1.54, 1.807) is 13.2 Å². The van der Waals surface area contributed by atoms with Crippen LogP contribution < -0.4 is 10.1 Å². The lowest BCUT2D eigenvalue weighted by atomic mass is 10.0. The topological polar surface area (TPSA) is 44.7 Å². The van der Waals surface area contributed by atoms with Gasteiger partial charge >= 0.3 is 0 Å². The first kappa shape index (κ1) is 11.2. The van der Waals surface area contributed by atoms with Crippen molar-refractivity contribution >= 4 is 0 Å². The second-order valence-electron chi connectivity index (χ2n) is 4.10. The zero-order chi connectivity index (χ0) is 11.5. The molecule has 0 aromatic heterocycles. The van der Waals surface area contributed by atoms with Gasteiger partial charge in [-0.25, -0.2) is 0 Å². The second-order valence-corrected chi connectivity index (χ2v) is 4.10. The van der Waals surface area contributed by atoms with Crippen molar-refractivity contribution in [2.24, 2.45) is 0 Å². The summed E-state index contributed by atoms with van der Waals surface area (Å²) in [5.74, 6) is 0.794. The van der Waals surface area contributed by atoms with Crippen LogP contribution in [0.3, 0.4) is 0 Å². The Morgan fingerprint density at radius 3 is 3.00 bits per heavy atom. The van der Waals surface area contributed by atoms with Crippen LogP contribution in [0.4, 0.5) is 0 Å². The highest BCUT2D eigenvalue weighted by Crippen LogP contribution is 2.35. The average molecular weight is 222 g/mol. The number of likely N-dealkylation sites (N-methyl/N-ethyl adjacent to an activating group) is 1. The molecule has 1 heterocycles. The van der Waals surface area contributed by atoms with Gasteiger partial charge in [0.1, 0.15) is 0 Å². The minimum absolute atomic E-state index is 0.212. The highest BCUT2D eigenvalue weighted by molar-refractivity contribution is 5.47. The van der Waals surface area contributed by atoms with E-state index in [-0.39, 0.29) is 11.8 Å². The number of nitrogens with zero attached hydrogens (tertiary/aromatic N) is 1. The van der Waals surface area contributed by atoms with E-state index in [2.05, 4.69) is 17.3 Å². The Bertz CT molecular complexity index is 368. The minimum atomic E-state index is 0.212. The third kappa shape index (κ3) is 1.99. The molecule has 1 aliphatic rings. The van der Waals surface area contributed by atoms with Gasteiger partial charge in [-0.2, -0.15) is 0 Å². The summed E-state index contributed by atoms with van der Waals surface area (Å²) in [6.45, 7) is 2.84. The largest absolute Gasteiger partial charge is 0.504 e. The molecule has 1 atom stereocenters. The van der Waals surface area contributed by atoms with Crippen molar-refractivity contribution in [3.05, 3.63) is 23.8 Å². The smallest absolute Gasteiger partial charge is 0.162 e. The van der Waals surface area contributed by atoms with Crippen LogP contribution in [0.15, 0.2) is 18.2 Å². The predicted octanol–water partition coefficient (Wildman–Crippen LogP) is 0.977. The van der Waals surface area contributed by atoms with Crippen LogP contribution in [0.25, 0.3) is 0 Å². The molecule has 1 aromatic rings. The number of nitrogens with one attached hydrogen (secondary N) is 1. The van der Waals surface area contributed by atoms with Crippen LogP contribution in [0.1, 0.15) is 11.6 Å². The van der Waals surface area contributed by atoms with Crippen LogP contribution in [-0.4, -0.2) is 43.8 Å². The van der Waals surface area contributed by atoms with Gasteiger partial charge < -0.3 is 15.2 Å². The molecule has 1 aliphatic heterocycles. The molecular formula is C12H18N2O2. The van der Waals surface area contributed by atoms with Gasteiger partial charge in [-0.15, -0.1) is 0 Å². The number of rotatable bonds is 2. The van der Waals surface area contributed by atoms with Gasteiger partial charge in [-0.05, 0) is 13.1 Å². The number of benzene rings is 1. The molecule has 4 nitrogen and oxygen atoms in total. The van der Waals surface area contributed by atoms with Crippen molar-refractivity contribution < 1.29 is 9.84 Å². The standard InChI is InChI=1S/C12H18N2O2/c1-14-7-6-13-8-10(14)9-4-3-5-11(16-2)12(9)15/h3-5,10,13,15H,6-8H2,1-2H3. The maximum Gasteiger partial charge on any atom is 0.162 e. The van der Waals surface area contributed by atoms with Gasteiger partial charge in [-0.1, -0.05) is 12.1 Å². The molecule has 1 saturated heterocycles. The van der Waals surface area contributed by atoms with Crippen molar-refractivity contribution in [2.75, 3.05) is 33.8 Å². The van der Waals surface area contributed by atoms with E-state index < -0.39 is 0 Å². The molecule has 0 aliphatic carbocycles. The summed E-state index contributed by atoms with van der Waals surface area (Å²) in [6.07, 6.45) is 0. The lowest BCUT2D eigenvalue weighted by molar-refractivity contribution is 0.198. The van der Waals surface area contributed by atoms with Crippen molar-refractivity contribution in [3.63, 3.8) is 0 Å². The molecule has 16 heavy (non-hydrogen) atoms. The number of hydrogen-bond donors (Lipinski definition) is 2. The number of aromatic hydroxyl groups is 1. The van der Waals surface area contributed by atoms with E-state index in [1.807, 2.05) is 12.1 Å². The molecule has 0 radical (unpaired) electrons. The minimum Gasteiger partial charge on any atom is -0.504 e. The van der Waals surface area contributed by atoms with Gasteiger partial charge in [0.2, 0.25) is 0 Å². The maximum atomic E-state index is 10.1. The van der Waals surface area contributed by atoms with Crippen molar-refractivity contribution in [2.45, 2.75) is 6.04 Å². The van der Waals surface area contributed by atoms with Crippen LogP contribution >= 0.6 is 0 Å². The average Bonchev–Trinajstić information content (AvgIpc) is 2.31. The second kappa shape index (κ2) is 4.72. The summed E-state index contributed by atoms with van der Waals surface area (Å²) >= 11 is 0.